The quantitative estimate of drug-likeness (QED) is 0.814. The molecule has 0 unspecified atom stereocenters. The first-order valence-electron chi connectivity index (χ1n) is 5.20. The molecule has 0 aliphatic heterocycles. The Bertz CT molecular complexity index is 404. The van der Waals surface area contributed by atoms with Crippen LogP contribution in [0.2, 0.25) is 0 Å². The van der Waals surface area contributed by atoms with E-state index in [1.54, 1.807) is 4.90 Å². The van der Waals surface area contributed by atoms with Gasteiger partial charge in [0.25, 0.3) is 0 Å². The molecule has 0 heterocycles. The summed E-state index contributed by atoms with van der Waals surface area (Å²) in [5.74, 6) is -0.0550. The summed E-state index contributed by atoms with van der Waals surface area (Å²) in [6, 6.07) is 7.81. The van der Waals surface area contributed by atoms with Gasteiger partial charge in [-0.25, -0.2) is 0 Å². The molecule has 0 radical (unpaired) electrons. The Balaban J connectivity index is 2.89. The van der Waals surface area contributed by atoms with Crippen LogP contribution >= 0.6 is 12.2 Å². The Morgan fingerprint density at radius 1 is 1.50 bits per heavy atom. The molecule has 0 bridgehead atoms. The second-order valence-electron chi connectivity index (χ2n) is 3.62. The van der Waals surface area contributed by atoms with Crippen molar-refractivity contribution in [3.05, 3.63) is 29.8 Å². The maximum Gasteiger partial charge on any atom is 0.233 e. The Hall–Kier alpha value is -1.42. The number of hydrogen-bond acceptors (Lipinski definition) is 2. The van der Waals surface area contributed by atoms with E-state index in [1.165, 1.54) is 0 Å². The van der Waals surface area contributed by atoms with Crippen molar-refractivity contribution in [2.45, 2.75) is 20.3 Å². The molecule has 0 aliphatic carbocycles. The summed E-state index contributed by atoms with van der Waals surface area (Å²) in [6.07, 6.45) is 0.122. The van der Waals surface area contributed by atoms with E-state index in [0.29, 0.717) is 6.54 Å². The van der Waals surface area contributed by atoms with E-state index in [4.69, 9.17) is 18.0 Å². The molecule has 3 nitrogen and oxygen atoms in total. The predicted molar refractivity (Wildman–Crippen MR) is 70.6 cm³/mol. The molecule has 0 spiro atoms. The van der Waals surface area contributed by atoms with Crippen LogP contribution in [0.25, 0.3) is 0 Å². The third-order valence-electron chi connectivity index (χ3n) is 2.26. The number of carbonyl (C=O) groups is 1. The molecule has 1 rings (SSSR count). The lowest BCUT2D eigenvalue weighted by molar-refractivity contribution is -0.117. The van der Waals surface area contributed by atoms with Gasteiger partial charge in [0.15, 0.2) is 0 Å². The topological polar surface area (TPSA) is 46.3 Å². The molecular formula is C12H16N2OS. The summed E-state index contributed by atoms with van der Waals surface area (Å²) >= 11 is 4.74. The molecule has 2 N–H and O–H groups in total. The normalized spacial score (nSPS) is 9.88. The van der Waals surface area contributed by atoms with E-state index >= 15 is 0 Å². The van der Waals surface area contributed by atoms with Crippen LogP contribution < -0.4 is 10.6 Å². The van der Waals surface area contributed by atoms with E-state index in [2.05, 4.69) is 0 Å². The molecule has 1 aromatic rings. The fourth-order valence-electron chi connectivity index (χ4n) is 1.54. The average molecular weight is 236 g/mol. The van der Waals surface area contributed by atoms with Crippen molar-refractivity contribution in [2.75, 3.05) is 11.4 Å². The highest BCUT2D eigenvalue weighted by Gasteiger charge is 2.14. The van der Waals surface area contributed by atoms with Crippen molar-refractivity contribution in [1.29, 1.82) is 0 Å². The molecule has 0 aliphatic rings. The van der Waals surface area contributed by atoms with E-state index in [-0.39, 0.29) is 17.3 Å². The Kier molecular flexibility index (Phi) is 4.43. The van der Waals surface area contributed by atoms with Gasteiger partial charge in [0, 0.05) is 12.2 Å². The second kappa shape index (κ2) is 5.61. The number of anilines is 1. The Morgan fingerprint density at radius 2 is 2.19 bits per heavy atom. The van der Waals surface area contributed by atoms with Crippen LogP contribution in [0, 0.1) is 6.92 Å². The molecule has 4 heteroatoms. The van der Waals surface area contributed by atoms with E-state index in [9.17, 15) is 4.79 Å². The minimum Gasteiger partial charge on any atom is -0.393 e. The van der Waals surface area contributed by atoms with Gasteiger partial charge in [-0.2, -0.15) is 0 Å². The molecule has 16 heavy (non-hydrogen) atoms. The minimum absolute atomic E-state index is 0.0550. The molecule has 1 amide bonds. The zero-order valence-corrected chi connectivity index (χ0v) is 10.4. The summed E-state index contributed by atoms with van der Waals surface area (Å²) in [5.41, 5.74) is 7.39. The molecule has 86 valence electrons. The SMILES string of the molecule is CCN(C(=O)CC(N)=S)c1cccc(C)c1. The van der Waals surface area contributed by atoms with Gasteiger partial charge in [-0.1, -0.05) is 24.4 Å². The first-order chi connectivity index (χ1) is 7.54. The van der Waals surface area contributed by atoms with Gasteiger partial charge < -0.3 is 10.6 Å². The lowest BCUT2D eigenvalue weighted by Crippen LogP contribution is -2.33. The van der Waals surface area contributed by atoms with Crippen LogP contribution in [0.4, 0.5) is 5.69 Å². The standard InChI is InChI=1S/C12H16N2OS/c1-3-14(12(15)8-11(13)16)10-6-4-5-9(2)7-10/h4-7H,3,8H2,1-2H3,(H2,13,16). The first-order valence-corrected chi connectivity index (χ1v) is 5.60. The van der Waals surface area contributed by atoms with Gasteiger partial charge in [-0.15, -0.1) is 0 Å². The fraction of sp³-hybridized carbons (Fsp3) is 0.333. The number of rotatable bonds is 4. The summed E-state index contributed by atoms with van der Waals surface area (Å²) in [4.78, 5) is 13.8. The molecular weight excluding hydrogens is 220 g/mol. The summed E-state index contributed by atoms with van der Waals surface area (Å²) in [7, 11) is 0. The largest absolute Gasteiger partial charge is 0.393 e. The maximum absolute atomic E-state index is 11.9. The van der Waals surface area contributed by atoms with Crippen LogP contribution in [0.15, 0.2) is 24.3 Å². The Morgan fingerprint density at radius 3 is 2.69 bits per heavy atom. The number of aryl methyl sites for hydroxylation is 1. The van der Waals surface area contributed by atoms with Crippen molar-refractivity contribution >= 4 is 28.8 Å². The van der Waals surface area contributed by atoms with Crippen molar-refractivity contribution in [3.63, 3.8) is 0 Å². The molecule has 0 saturated heterocycles. The van der Waals surface area contributed by atoms with E-state index < -0.39 is 0 Å². The van der Waals surface area contributed by atoms with Crippen LogP contribution in [0.3, 0.4) is 0 Å². The van der Waals surface area contributed by atoms with E-state index in [1.807, 2.05) is 38.1 Å². The monoisotopic (exact) mass is 236 g/mol. The number of thiocarbonyl (C=S) groups is 1. The zero-order chi connectivity index (χ0) is 12.1. The summed E-state index contributed by atoms with van der Waals surface area (Å²) in [6.45, 7) is 4.54. The average Bonchev–Trinajstić information content (AvgIpc) is 2.17. The maximum atomic E-state index is 11.9. The lowest BCUT2D eigenvalue weighted by Gasteiger charge is -2.21. The van der Waals surface area contributed by atoms with Crippen molar-refractivity contribution in [2.24, 2.45) is 5.73 Å². The number of hydrogen-bond donors (Lipinski definition) is 1. The van der Waals surface area contributed by atoms with Crippen molar-refractivity contribution < 1.29 is 4.79 Å². The number of amides is 1. The van der Waals surface area contributed by atoms with Gasteiger partial charge in [-0.3, -0.25) is 4.79 Å². The van der Waals surface area contributed by atoms with Gasteiger partial charge in [0.2, 0.25) is 5.91 Å². The molecule has 0 atom stereocenters. The van der Waals surface area contributed by atoms with Crippen LogP contribution in [-0.2, 0) is 4.79 Å². The second-order valence-corrected chi connectivity index (χ2v) is 4.14. The molecule has 0 fully saturated rings. The highest BCUT2D eigenvalue weighted by Crippen LogP contribution is 2.16. The Labute approximate surface area is 101 Å². The third-order valence-corrected chi connectivity index (χ3v) is 2.40. The van der Waals surface area contributed by atoms with Gasteiger partial charge >= 0.3 is 0 Å². The highest BCUT2D eigenvalue weighted by atomic mass is 32.1. The van der Waals surface area contributed by atoms with Crippen molar-refractivity contribution in [3.8, 4) is 0 Å². The minimum atomic E-state index is -0.0550. The third kappa shape index (κ3) is 3.31. The van der Waals surface area contributed by atoms with Crippen LogP contribution in [0.1, 0.15) is 18.9 Å². The number of carbonyl (C=O) groups excluding carboxylic acids is 1. The number of benzene rings is 1. The highest BCUT2D eigenvalue weighted by molar-refractivity contribution is 7.80. The number of nitrogens with zero attached hydrogens (tertiary/aromatic N) is 1. The number of nitrogens with two attached hydrogens (primary N) is 1. The molecule has 0 saturated carbocycles. The van der Waals surface area contributed by atoms with Crippen LogP contribution in [0.5, 0.6) is 0 Å². The van der Waals surface area contributed by atoms with Crippen molar-refractivity contribution in [1.82, 2.24) is 0 Å². The summed E-state index contributed by atoms with van der Waals surface area (Å²) in [5, 5.41) is 0. The molecule has 0 aromatic heterocycles. The first kappa shape index (κ1) is 12.6. The summed E-state index contributed by atoms with van der Waals surface area (Å²) < 4.78 is 0. The smallest absolute Gasteiger partial charge is 0.233 e. The van der Waals surface area contributed by atoms with E-state index in [0.717, 1.165) is 11.3 Å². The van der Waals surface area contributed by atoms with Crippen LogP contribution in [-0.4, -0.2) is 17.4 Å². The van der Waals surface area contributed by atoms with Gasteiger partial charge in [0.05, 0.1) is 11.4 Å². The lowest BCUT2D eigenvalue weighted by atomic mass is 10.2. The van der Waals surface area contributed by atoms with Gasteiger partial charge in [0.1, 0.15) is 0 Å². The fourth-order valence-corrected chi connectivity index (χ4v) is 1.67. The zero-order valence-electron chi connectivity index (χ0n) is 9.56. The van der Waals surface area contributed by atoms with Gasteiger partial charge in [-0.05, 0) is 31.5 Å². The molecule has 1 aromatic carbocycles. The predicted octanol–water partition coefficient (Wildman–Crippen LogP) is 2.02.